The molecule has 0 bridgehead atoms. The van der Waals surface area contributed by atoms with Crippen LogP contribution >= 0.6 is 0 Å². The number of nitrogens with zero attached hydrogens (tertiary/aromatic N) is 2. The van der Waals surface area contributed by atoms with Crippen LogP contribution in [0.3, 0.4) is 0 Å². The Balaban J connectivity index is 1.21. The van der Waals surface area contributed by atoms with Crippen LogP contribution in [0.1, 0.15) is 45.9 Å². The minimum atomic E-state index is -0.291. The lowest BCUT2D eigenvalue weighted by molar-refractivity contribution is 0.0773. The Kier molecular flexibility index (Phi) is 5.39. The number of aryl methyl sites for hydroxylation is 2. The van der Waals surface area contributed by atoms with Crippen LogP contribution in [0.15, 0.2) is 53.1 Å². The number of rotatable bonds is 6. The van der Waals surface area contributed by atoms with Gasteiger partial charge < -0.3 is 19.1 Å². The highest BCUT2D eigenvalue weighted by Gasteiger charge is 2.18. The van der Waals surface area contributed by atoms with Gasteiger partial charge in [0.15, 0.2) is 11.5 Å². The van der Waals surface area contributed by atoms with Gasteiger partial charge >= 0.3 is 0 Å². The molecule has 1 aliphatic carbocycles. The van der Waals surface area contributed by atoms with E-state index in [0.29, 0.717) is 12.3 Å². The van der Waals surface area contributed by atoms with E-state index in [1.165, 1.54) is 41.0 Å². The Labute approximate surface area is 185 Å². The largest absolute Gasteiger partial charge is 0.486 e. The van der Waals surface area contributed by atoms with E-state index >= 15 is 0 Å². The SMILES string of the molecule is CN(Cc1cc2cc(F)ccc2[nH]1)C(=O)c1cc(COc2ccc3c(c2)CCCC3)on1. The van der Waals surface area contributed by atoms with Crippen LogP contribution in [0, 0.1) is 5.82 Å². The highest BCUT2D eigenvalue weighted by atomic mass is 19.1. The number of H-pyrrole nitrogens is 1. The zero-order valence-electron chi connectivity index (χ0n) is 17.9. The number of ether oxygens (including phenoxy) is 1. The summed E-state index contributed by atoms with van der Waals surface area (Å²) in [6.45, 7) is 0.541. The van der Waals surface area contributed by atoms with E-state index in [2.05, 4.69) is 22.3 Å². The minimum absolute atomic E-state index is 0.205. The van der Waals surface area contributed by atoms with Crippen molar-refractivity contribution in [3.8, 4) is 5.75 Å². The Morgan fingerprint density at radius 1 is 1.12 bits per heavy atom. The molecule has 1 N–H and O–H groups in total. The summed E-state index contributed by atoms with van der Waals surface area (Å²) >= 11 is 0. The Morgan fingerprint density at radius 3 is 2.84 bits per heavy atom. The van der Waals surface area contributed by atoms with Crippen molar-refractivity contribution in [3.05, 3.63) is 82.6 Å². The van der Waals surface area contributed by atoms with Crippen LogP contribution in [0.2, 0.25) is 0 Å². The number of nitrogens with one attached hydrogen (secondary N) is 1. The Bertz CT molecular complexity index is 1280. The molecule has 7 heteroatoms. The molecular formula is C25H24FN3O3. The van der Waals surface area contributed by atoms with Crippen LogP contribution in [-0.4, -0.2) is 28.0 Å². The summed E-state index contributed by atoms with van der Waals surface area (Å²) in [5.41, 5.74) is 4.60. The standard InChI is InChI=1S/C25H24FN3O3/c1-29(14-20-11-18-10-19(26)7-9-23(18)27-20)25(30)24-13-22(32-28-24)15-31-21-8-6-16-4-2-3-5-17(16)12-21/h6-13,27H,2-5,14-15H2,1H3. The number of carbonyl (C=O) groups excluding carboxylic acids is 1. The first kappa shape index (κ1) is 20.3. The molecule has 5 rings (SSSR count). The predicted octanol–water partition coefficient (Wildman–Crippen LogP) is 5.03. The smallest absolute Gasteiger partial charge is 0.276 e. The zero-order valence-corrected chi connectivity index (χ0v) is 17.9. The lowest BCUT2D eigenvalue weighted by Crippen LogP contribution is -2.26. The molecular weight excluding hydrogens is 409 g/mol. The zero-order chi connectivity index (χ0) is 22.1. The molecule has 164 valence electrons. The summed E-state index contributed by atoms with van der Waals surface area (Å²) < 4.78 is 24.6. The summed E-state index contributed by atoms with van der Waals surface area (Å²) in [6, 6.07) is 14.2. The number of hydrogen-bond donors (Lipinski definition) is 1. The molecule has 0 saturated heterocycles. The van der Waals surface area contributed by atoms with Gasteiger partial charge in [0.1, 0.15) is 18.2 Å². The van der Waals surface area contributed by atoms with E-state index < -0.39 is 0 Å². The summed E-state index contributed by atoms with van der Waals surface area (Å²) in [6.07, 6.45) is 4.68. The molecule has 2 aromatic carbocycles. The van der Waals surface area contributed by atoms with Crippen molar-refractivity contribution in [2.75, 3.05) is 7.05 Å². The second kappa shape index (κ2) is 8.49. The first-order chi connectivity index (χ1) is 15.5. The van der Waals surface area contributed by atoms with Crippen LogP contribution in [-0.2, 0) is 26.0 Å². The van der Waals surface area contributed by atoms with E-state index in [9.17, 15) is 9.18 Å². The average molecular weight is 433 g/mol. The monoisotopic (exact) mass is 433 g/mol. The molecule has 0 spiro atoms. The molecule has 0 unspecified atom stereocenters. The molecule has 0 atom stereocenters. The number of carbonyl (C=O) groups is 1. The summed E-state index contributed by atoms with van der Waals surface area (Å²) in [5, 5.41) is 4.68. The maximum Gasteiger partial charge on any atom is 0.276 e. The van der Waals surface area contributed by atoms with Crippen molar-refractivity contribution in [2.45, 2.75) is 38.8 Å². The first-order valence-corrected chi connectivity index (χ1v) is 10.8. The molecule has 1 amide bonds. The van der Waals surface area contributed by atoms with Crippen molar-refractivity contribution in [1.29, 1.82) is 0 Å². The fourth-order valence-electron chi connectivity index (χ4n) is 4.21. The summed E-state index contributed by atoms with van der Waals surface area (Å²) in [7, 11) is 1.69. The first-order valence-electron chi connectivity index (χ1n) is 10.8. The third-order valence-electron chi connectivity index (χ3n) is 5.87. The maximum absolute atomic E-state index is 13.4. The molecule has 0 saturated carbocycles. The number of benzene rings is 2. The van der Waals surface area contributed by atoms with Crippen molar-refractivity contribution in [3.63, 3.8) is 0 Å². The Morgan fingerprint density at radius 2 is 1.97 bits per heavy atom. The van der Waals surface area contributed by atoms with Crippen LogP contribution in [0.25, 0.3) is 10.9 Å². The molecule has 0 radical (unpaired) electrons. The molecule has 4 aromatic rings. The van der Waals surface area contributed by atoms with E-state index in [1.807, 2.05) is 12.1 Å². The Hall–Kier alpha value is -3.61. The fraction of sp³-hybridized carbons (Fsp3) is 0.280. The fourth-order valence-corrected chi connectivity index (χ4v) is 4.21. The molecule has 6 nitrogen and oxygen atoms in total. The third kappa shape index (κ3) is 4.23. The molecule has 32 heavy (non-hydrogen) atoms. The van der Waals surface area contributed by atoms with E-state index in [-0.39, 0.29) is 24.0 Å². The van der Waals surface area contributed by atoms with Crippen LogP contribution < -0.4 is 4.74 Å². The normalized spacial score (nSPS) is 13.2. The van der Waals surface area contributed by atoms with Crippen molar-refractivity contribution in [2.24, 2.45) is 0 Å². The highest BCUT2D eigenvalue weighted by molar-refractivity contribution is 5.92. The minimum Gasteiger partial charge on any atom is -0.486 e. The third-order valence-corrected chi connectivity index (χ3v) is 5.87. The number of fused-ring (bicyclic) bond motifs is 2. The highest BCUT2D eigenvalue weighted by Crippen LogP contribution is 2.26. The van der Waals surface area contributed by atoms with Gasteiger partial charge in [0.2, 0.25) is 0 Å². The van der Waals surface area contributed by atoms with Gasteiger partial charge in [0, 0.05) is 29.7 Å². The van der Waals surface area contributed by atoms with Crippen LogP contribution in [0.5, 0.6) is 5.75 Å². The molecule has 1 aliphatic rings. The summed E-state index contributed by atoms with van der Waals surface area (Å²) in [5.74, 6) is 0.724. The molecule has 2 heterocycles. The van der Waals surface area contributed by atoms with Crippen molar-refractivity contribution in [1.82, 2.24) is 15.0 Å². The van der Waals surface area contributed by atoms with Gasteiger partial charge in [-0.25, -0.2) is 4.39 Å². The predicted molar refractivity (Wildman–Crippen MR) is 118 cm³/mol. The number of hydrogen-bond acceptors (Lipinski definition) is 4. The van der Waals surface area contributed by atoms with Gasteiger partial charge in [0.25, 0.3) is 5.91 Å². The van der Waals surface area contributed by atoms with Gasteiger partial charge in [-0.15, -0.1) is 0 Å². The van der Waals surface area contributed by atoms with Gasteiger partial charge in [-0.3, -0.25) is 4.79 Å². The average Bonchev–Trinajstić information content (AvgIpc) is 3.43. The molecule has 0 aliphatic heterocycles. The second-order valence-electron chi connectivity index (χ2n) is 8.29. The topological polar surface area (TPSA) is 71.4 Å². The van der Waals surface area contributed by atoms with Crippen LogP contribution in [0.4, 0.5) is 4.39 Å². The van der Waals surface area contributed by atoms with Gasteiger partial charge in [-0.1, -0.05) is 11.2 Å². The quantitative estimate of drug-likeness (QED) is 0.463. The molecule has 0 fully saturated rings. The second-order valence-corrected chi connectivity index (χ2v) is 8.29. The lowest BCUT2D eigenvalue weighted by atomic mass is 9.92. The number of halogens is 1. The maximum atomic E-state index is 13.4. The molecule has 2 aromatic heterocycles. The number of amides is 1. The van der Waals surface area contributed by atoms with E-state index in [0.717, 1.165) is 35.2 Å². The number of aromatic nitrogens is 2. The number of aromatic amines is 1. The van der Waals surface area contributed by atoms with Crippen molar-refractivity contribution >= 4 is 16.8 Å². The van der Waals surface area contributed by atoms with Gasteiger partial charge in [-0.2, -0.15) is 0 Å². The van der Waals surface area contributed by atoms with Gasteiger partial charge in [0.05, 0.1) is 6.54 Å². The van der Waals surface area contributed by atoms with E-state index in [4.69, 9.17) is 9.26 Å². The van der Waals surface area contributed by atoms with E-state index in [1.54, 1.807) is 19.2 Å². The lowest BCUT2D eigenvalue weighted by Gasteiger charge is -2.16. The summed E-state index contributed by atoms with van der Waals surface area (Å²) in [4.78, 5) is 17.5. The van der Waals surface area contributed by atoms with Crippen molar-refractivity contribution < 1.29 is 18.4 Å². The van der Waals surface area contributed by atoms with Gasteiger partial charge in [-0.05, 0) is 73.2 Å².